The summed E-state index contributed by atoms with van der Waals surface area (Å²) >= 11 is 5.83. The first-order valence-electron chi connectivity index (χ1n) is 4.86. The molecule has 0 bridgehead atoms. The van der Waals surface area contributed by atoms with Gasteiger partial charge in [0.1, 0.15) is 5.76 Å². The van der Waals surface area contributed by atoms with Crippen molar-refractivity contribution in [3.05, 3.63) is 23.7 Å². The number of rotatable bonds is 2. The Bertz CT molecular complexity index is 350. The van der Waals surface area contributed by atoms with Crippen molar-refractivity contribution in [2.45, 2.75) is 38.6 Å². The quantitative estimate of drug-likeness (QED) is 0.792. The molecule has 0 aliphatic rings. The number of carbonyl (C=O) groups is 1. The molecular formula is C11H16ClNO2. The molecule has 1 aromatic heterocycles. The van der Waals surface area contributed by atoms with E-state index in [4.69, 9.17) is 16.0 Å². The third-order valence-electron chi connectivity index (χ3n) is 1.73. The number of carbonyl (C=O) groups excluding carboxylic acids is 1. The Morgan fingerprint density at radius 3 is 2.47 bits per heavy atom. The van der Waals surface area contributed by atoms with E-state index in [1.165, 1.54) is 0 Å². The molecule has 1 amide bonds. The first kappa shape index (κ1) is 12.1. The van der Waals surface area contributed by atoms with Gasteiger partial charge in [0.15, 0.2) is 5.76 Å². The second-order valence-electron chi connectivity index (χ2n) is 4.52. The van der Waals surface area contributed by atoms with Gasteiger partial charge in [0.2, 0.25) is 0 Å². The van der Waals surface area contributed by atoms with Crippen LogP contribution in [0.2, 0.25) is 0 Å². The first-order chi connectivity index (χ1) is 6.79. The maximum absolute atomic E-state index is 11.6. The van der Waals surface area contributed by atoms with E-state index in [9.17, 15) is 4.79 Å². The predicted molar refractivity (Wildman–Crippen MR) is 60.2 cm³/mol. The molecule has 0 aliphatic heterocycles. The van der Waals surface area contributed by atoms with Crippen LogP contribution in [0.5, 0.6) is 0 Å². The van der Waals surface area contributed by atoms with Gasteiger partial charge in [0, 0.05) is 5.54 Å². The third-order valence-corrected chi connectivity index (χ3v) is 1.95. The molecule has 0 aromatic carbocycles. The van der Waals surface area contributed by atoms with Crippen LogP contribution in [0.4, 0.5) is 0 Å². The molecule has 1 N–H and O–H groups in total. The Morgan fingerprint density at radius 2 is 2.07 bits per heavy atom. The first-order valence-corrected chi connectivity index (χ1v) is 5.29. The normalized spacial score (nSPS) is 13.7. The van der Waals surface area contributed by atoms with Gasteiger partial charge < -0.3 is 9.73 Å². The molecule has 0 fully saturated rings. The van der Waals surface area contributed by atoms with Crippen LogP contribution < -0.4 is 5.32 Å². The zero-order valence-corrected chi connectivity index (χ0v) is 10.2. The van der Waals surface area contributed by atoms with E-state index in [1.54, 1.807) is 19.1 Å². The maximum Gasteiger partial charge on any atom is 0.287 e. The smallest absolute Gasteiger partial charge is 0.287 e. The summed E-state index contributed by atoms with van der Waals surface area (Å²) in [6.07, 6.45) is 0. The van der Waals surface area contributed by atoms with Crippen LogP contribution in [0.15, 0.2) is 16.5 Å². The van der Waals surface area contributed by atoms with E-state index in [2.05, 4.69) is 5.32 Å². The predicted octanol–water partition coefficient (Wildman–Crippen LogP) is 3.11. The van der Waals surface area contributed by atoms with Crippen molar-refractivity contribution in [3.63, 3.8) is 0 Å². The molecule has 0 radical (unpaired) electrons. The lowest BCUT2D eigenvalue weighted by Crippen LogP contribution is -2.40. The Kier molecular flexibility index (Phi) is 3.45. The maximum atomic E-state index is 11.6. The van der Waals surface area contributed by atoms with Crippen molar-refractivity contribution < 1.29 is 9.21 Å². The molecule has 1 heterocycles. The molecular weight excluding hydrogens is 214 g/mol. The van der Waals surface area contributed by atoms with Crippen LogP contribution in [0.25, 0.3) is 0 Å². The molecule has 1 atom stereocenters. The number of halogens is 1. The van der Waals surface area contributed by atoms with E-state index in [0.29, 0.717) is 11.5 Å². The molecule has 0 saturated carbocycles. The van der Waals surface area contributed by atoms with E-state index in [1.807, 2.05) is 20.8 Å². The van der Waals surface area contributed by atoms with Crippen molar-refractivity contribution in [2.24, 2.45) is 0 Å². The number of alkyl halides is 1. The van der Waals surface area contributed by atoms with Crippen molar-refractivity contribution in [1.29, 1.82) is 0 Å². The molecule has 15 heavy (non-hydrogen) atoms. The van der Waals surface area contributed by atoms with Gasteiger partial charge in [-0.1, -0.05) is 0 Å². The van der Waals surface area contributed by atoms with Crippen LogP contribution >= 0.6 is 11.6 Å². The molecule has 1 rings (SSSR count). The standard InChI is InChI=1S/C11H16ClNO2/c1-7(12)8-5-6-9(15-8)10(14)13-11(2,3)4/h5-7H,1-4H3,(H,13,14). The molecule has 0 spiro atoms. The fourth-order valence-electron chi connectivity index (χ4n) is 1.09. The fourth-order valence-corrected chi connectivity index (χ4v) is 1.21. The topological polar surface area (TPSA) is 42.2 Å². The van der Waals surface area contributed by atoms with E-state index in [0.717, 1.165) is 0 Å². The zero-order valence-electron chi connectivity index (χ0n) is 9.43. The van der Waals surface area contributed by atoms with Gasteiger partial charge >= 0.3 is 0 Å². The minimum Gasteiger partial charge on any atom is -0.454 e. The van der Waals surface area contributed by atoms with Crippen molar-refractivity contribution >= 4 is 17.5 Å². The van der Waals surface area contributed by atoms with Gasteiger partial charge in [-0.25, -0.2) is 0 Å². The molecule has 1 aromatic rings. The highest BCUT2D eigenvalue weighted by Crippen LogP contribution is 2.21. The molecule has 0 saturated heterocycles. The highest BCUT2D eigenvalue weighted by molar-refractivity contribution is 6.20. The Morgan fingerprint density at radius 1 is 1.47 bits per heavy atom. The van der Waals surface area contributed by atoms with Crippen LogP contribution in [0, 0.1) is 0 Å². The lowest BCUT2D eigenvalue weighted by Gasteiger charge is -2.19. The third kappa shape index (κ3) is 3.59. The Hall–Kier alpha value is -0.960. The second kappa shape index (κ2) is 4.27. The van der Waals surface area contributed by atoms with Crippen LogP contribution in [0.1, 0.15) is 49.4 Å². The summed E-state index contributed by atoms with van der Waals surface area (Å²) in [7, 11) is 0. The summed E-state index contributed by atoms with van der Waals surface area (Å²) in [4.78, 5) is 11.6. The van der Waals surface area contributed by atoms with E-state index in [-0.39, 0.29) is 16.8 Å². The van der Waals surface area contributed by atoms with Crippen LogP contribution in [0.3, 0.4) is 0 Å². The van der Waals surface area contributed by atoms with Crippen molar-refractivity contribution in [2.75, 3.05) is 0 Å². The molecule has 4 heteroatoms. The summed E-state index contributed by atoms with van der Waals surface area (Å²) in [6, 6.07) is 3.35. The summed E-state index contributed by atoms with van der Waals surface area (Å²) in [5, 5.41) is 2.59. The average Bonchev–Trinajstić information content (AvgIpc) is 2.47. The highest BCUT2D eigenvalue weighted by atomic mass is 35.5. The fraction of sp³-hybridized carbons (Fsp3) is 0.545. The van der Waals surface area contributed by atoms with Gasteiger partial charge in [0.25, 0.3) is 5.91 Å². The molecule has 84 valence electrons. The summed E-state index contributed by atoms with van der Waals surface area (Å²) in [5.74, 6) is 0.689. The average molecular weight is 230 g/mol. The molecule has 0 aliphatic carbocycles. The van der Waals surface area contributed by atoms with Gasteiger partial charge in [-0.05, 0) is 39.8 Å². The van der Waals surface area contributed by atoms with Crippen LogP contribution in [-0.4, -0.2) is 11.4 Å². The van der Waals surface area contributed by atoms with Crippen molar-refractivity contribution in [3.8, 4) is 0 Å². The lowest BCUT2D eigenvalue weighted by atomic mass is 10.1. The number of hydrogen-bond donors (Lipinski definition) is 1. The number of hydrogen-bond acceptors (Lipinski definition) is 2. The van der Waals surface area contributed by atoms with Gasteiger partial charge in [0.05, 0.1) is 5.38 Å². The monoisotopic (exact) mass is 229 g/mol. The Balaban J connectivity index is 2.75. The van der Waals surface area contributed by atoms with Gasteiger partial charge in [-0.15, -0.1) is 11.6 Å². The van der Waals surface area contributed by atoms with E-state index >= 15 is 0 Å². The minimum atomic E-state index is -0.267. The lowest BCUT2D eigenvalue weighted by molar-refractivity contribution is 0.0889. The van der Waals surface area contributed by atoms with Gasteiger partial charge in [-0.2, -0.15) is 0 Å². The van der Waals surface area contributed by atoms with Crippen LogP contribution in [-0.2, 0) is 0 Å². The molecule has 3 nitrogen and oxygen atoms in total. The Labute approximate surface area is 94.8 Å². The summed E-state index contributed by atoms with van der Waals surface area (Å²) in [6.45, 7) is 7.54. The van der Waals surface area contributed by atoms with E-state index < -0.39 is 0 Å². The summed E-state index contributed by atoms with van der Waals surface area (Å²) < 4.78 is 5.31. The second-order valence-corrected chi connectivity index (χ2v) is 5.18. The molecule has 1 unspecified atom stereocenters. The minimum absolute atomic E-state index is 0.217. The number of furan rings is 1. The highest BCUT2D eigenvalue weighted by Gasteiger charge is 2.18. The zero-order chi connectivity index (χ0) is 11.6. The largest absolute Gasteiger partial charge is 0.454 e. The van der Waals surface area contributed by atoms with Crippen molar-refractivity contribution in [1.82, 2.24) is 5.32 Å². The summed E-state index contributed by atoms with van der Waals surface area (Å²) in [5.41, 5.74) is -0.267. The number of amides is 1. The SMILES string of the molecule is CC(Cl)c1ccc(C(=O)NC(C)(C)C)o1. The number of nitrogens with one attached hydrogen (secondary N) is 1. The van der Waals surface area contributed by atoms with Gasteiger partial charge in [-0.3, -0.25) is 4.79 Å².